The summed E-state index contributed by atoms with van der Waals surface area (Å²) in [5.74, 6) is -1.04. The molecule has 2 N–H and O–H groups in total. The lowest BCUT2D eigenvalue weighted by atomic mass is 10.3. The first-order chi connectivity index (χ1) is 4.25. The Balaban J connectivity index is 2.17. The van der Waals surface area contributed by atoms with Crippen LogP contribution in [0.2, 0.25) is 0 Å². The zero-order chi connectivity index (χ0) is 6.85. The average molecular weight is 132 g/mol. The Labute approximate surface area is 52.0 Å². The monoisotopic (exact) mass is 132 g/mol. The predicted octanol–water partition coefficient (Wildman–Crippen LogP) is 0.197. The van der Waals surface area contributed by atoms with Crippen molar-refractivity contribution in [1.82, 2.24) is 0 Å². The van der Waals surface area contributed by atoms with E-state index in [1.807, 2.05) is 0 Å². The highest BCUT2D eigenvalue weighted by Crippen LogP contribution is 2.38. The number of hydrogen-bond donors (Lipinski definition) is 2. The van der Waals surface area contributed by atoms with E-state index < -0.39 is 5.97 Å². The van der Waals surface area contributed by atoms with Gasteiger partial charge in [-0.05, 0) is 12.3 Å². The first-order valence-corrected chi connectivity index (χ1v) is 2.75. The molecule has 0 saturated heterocycles. The summed E-state index contributed by atoms with van der Waals surface area (Å²) in [6, 6.07) is 0. The summed E-state index contributed by atoms with van der Waals surface area (Å²) < 4.78 is 0. The van der Waals surface area contributed by atoms with Crippen molar-refractivity contribution < 1.29 is 20.0 Å². The molecule has 9 heavy (non-hydrogen) atoms. The first-order valence-electron chi connectivity index (χ1n) is 2.75. The van der Waals surface area contributed by atoms with Gasteiger partial charge in [0, 0.05) is 0 Å². The summed E-state index contributed by atoms with van der Waals surface area (Å²) >= 11 is 0. The van der Waals surface area contributed by atoms with Gasteiger partial charge in [0.05, 0.1) is 12.5 Å². The molecule has 0 bridgehead atoms. The highest BCUT2D eigenvalue weighted by atomic mass is 17.1. The molecular weight excluding hydrogens is 124 g/mol. The Morgan fingerprint density at radius 3 is 2.78 bits per heavy atom. The Hall–Kier alpha value is -0.610. The minimum absolute atomic E-state index is 0.0347. The second-order valence-electron chi connectivity index (χ2n) is 2.24. The third-order valence-electron chi connectivity index (χ3n) is 1.53. The van der Waals surface area contributed by atoms with Crippen LogP contribution >= 0.6 is 0 Å². The molecule has 1 saturated carbocycles. The van der Waals surface area contributed by atoms with E-state index in [4.69, 9.17) is 10.4 Å². The maximum atomic E-state index is 10.1. The molecule has 4 heteroatoms. The molecular formula is C5H8O4. The summed E-state index contributed by atoms with van der Waals surface area (Å²) in [5, 5.41) is 16.2. The van der Waals surface area contributed by atoms with Gasteiger partial charge in [0.2, 0.25) is 0 Å². The fraction of sp³-hybridized carbons (Fsp3) is 0.800. The molecule has 1 aliphatic carbocycles. The van der Waals surface area contributed by atoms with E-state index in [9.17, 15) is 4.79 Å². The molecule has 1 rings (SSSR count). The van der Waals surface area contributed by atoms with Crippen LogP contribution in [-0.4, -0.2) is 22.9 Å². The fourth-order valence-corrected chi connectivity index (χ4v) is 0.830. The van der Waals surface area contributed by atoms with Crippen LogP contribution in [0.1, 0.15) is 6.42 Å². The predicted molar refractivity (Wildman–Crippen MR) is 27.8 cm³/mol. The van der Waals surface area contributed by atoms with E-state index in [0.717, 1.165) is 0 Å². The lowest BCUT2D eigenvalue weighted by molar-refractivity contribution is -0.246. The number of rotatable bonds is 3. The highest BCUT2D eigenvalue weighted by molar-refractivity contribution is 5.73. The van der Waals surface area contributed by atoms with Gasteiger partial charge in [0.25, 0.3) is 0 Å². The molecule has 0 aromatic carbocycles. The van der Waals surface area contributed by atoms with Crippen LogP contribution in [0.3, 0.4) is 0 Å². The SMILES string of the molecule is O=C(O)C1CC1COO. The van der Waals surface area contributed by atoms with Gasteiger partial charge in [0.15, 0.2) is 0 Å². The number of hydrogen-bond acceptors (Lipinski definition) is 3. The van der Waals surface area contributed by atoms with Gasteiger partial charge < -0.3 is 5.11 Å². The van der Waals surface area contributed by atoms with Crippen LogP contribution in [-0.2, 0) is 9.68 Å². The van der Waals surface area contributed by atoms with Gasteiger partial charge in [-0.25, -0.2) is 4.89 Å². The van der Waals surface area contributed by atoms with Crippen molar-refractivity contribution in [2.75, 3.05) is 6.61 Å². The lowest BCUT2D eigenvalue weighted by Gasteiger charge is -1.89. The van der Waals surface area contributed by atoms with Crippen LogP contribution in [0.5, 0.6) is 0 Å². The Morgan fingerprint density at radius 2 is 2.44 bits per heavy atom. The summed E-state index contributed by atoms with van der Waals surface area (Å²) in [6.07, 6.45) is 0.635. The normalized spacial score (nSPS) is 32.1. The molecule has 0 spiro atoms. The van der Waals surface area contributed by atoms with E-state index in [0.29, 0.717) is 6.42 Å². The maximum Gasteiger partial charge on any atom is 0.306 e. The number of carboxylic acids is 1. The average Bonchev–Trinajstić information content (AvgIpc) is 2.47. The summed E-state index contributed by atoms with van der Waals surface area (Å²) in [5.41, 5.74) is 0. The van der Waals surface area contributed by atoms with Crippen LogP contribution in [0.25, 0.3) is 0 Å². The van der Waals surface area contributed by atoms with Crippen LogP contribution in [0.15, 0.2) is 0 Å². The first kappa shape index (κ1) is 6.51. The molecule has 0 heterocycles. The molecule has 0 aromatic rings. The zero-order valence-electron chi connectivity index (χ0n) is 4.78. The molecule has 4 nitrogen and oxygen atoms in total. The minimum Gasteiger partial charge on any atom is -0.481 e. The lowest BCUT2D eigenvalue weighted by Crippen LogP contribution is -2.02. The second-order valence-corrected chi connectivity index (χ2v) is 2.24. The topological polar surface area (TPSA) is 66.8 Å². The third-order valence-corrected chi connectivity index (χ3v) is 1.53. The molecule has 0 aromatic heterocycles. The molecule has 52 valence electrons. The molecule has 0 amide bonds. The van der Waals surface area contributed by atoms with Crippen molar-refractivity contribution in [1.29, 1.82) is 0 Å². The van der Waals surface area contributed by atoms with Crippen molar-refractivity contribution in [3.8, 4) is 0 Å². The quantitative estimate of drug-likeness (QED) is 0.425. The number of carboxylic acid groups (broad SMARTS) is 1. The van der Waals surface area contributed by atoms with Gasteiger partial charge in [-0.1, -0.05) is 0 Å². The highest BCUT2D eigenvalue weighted by Gasteiger charge is 2.43. The standard InChI is InChI=1S/C5H8O4/c6-5(7)4-1-3(4)2-9-8/h3-4,8H,1-2H2,(H,6,7). The summed E-state index contributed by atoms with van der Waals surface area (Å²) in [7, 11) is 0. The van der Waals surface area contributed by atoms with Gasteiger partial charge in [-0.3, -0.25) is 10.1 Å². The van der Waals surface area contributed by atoms with Crippen molar-refractivity contribution in [3.05, 3.63) is 0 Å². The molecule has 1 aliphatic rings. The molecule has 0 aliphatic heterocycles. The molecule has 1 fully saturated rings. The summed E-state index contributed by atoms with van der Waals surface area (Å²) in [6.45, 7) is 0.150. The van der Waals surface area contributed by atoms with E-state index >= 15 is 0 Å². The maximum absolute atomic E-state index is 10.1. The van der Waals surface area contributed by atoms with Crippen LogP contribution in [0.4, 0.5) is 0 Å². The van der Waals surface area contributed by atoms with Crippen LogP contribution in [0, 0.1) is 11.8 Å². The van der Waals surface area contributed by atoms with E-state index in [2.05, 4.69) is 4.89 Å². The number of carbonyl (C=O) groups is 1. The van der Waals surface area contributed by atoms with Crippen LogP contribution < -0.4 is 0 Å². The van der Waals surface area contributed by atoms with Crippen molar-refractivity contribution in [2.24, 2.45) is 11.8 Å². The smallest absolute Gasteiger partial charge is 0.306 e. The third kappa shape index (κ3) is 1.40. The van der Waals surface area contributed by atoms with E-state index in [1.165, 1.54) is 0 Å². The van der Waals surface area contributed by atoms with E-state index in [1.54, 1.807) is 0 Å². The second kappa shape index (κ2) is 2.33. The van der Waals surface area contributed by atoms with Crippen molar-refractivity contribution in [2.45, 2.75) is 6.42 Å². The van der Waals surface area contributed by atoms with Crippen molar-refractivity contribution in [3.63, 3.8) is 0 Å². The fourth-order valence-electron chi connectivity index (χ4n) is 0.830. The Morgan fingerprint density at radius 1 is 1.78 bits per heavy atom. The van der Waals surface area contributed by atoms with E-state index in [-0.39, 0.29) is 18.4 Å². The summed E-state index contributed by atoms with van der Waals surface area (Å²) in [4.78, 5) is 13.9. The van der Waals surface area contributed by atoms with Gasteiger partial charge in [-0.2, -0.15) is 0 Å². The number of aliphatic carboxylic acids is 1. The zero-order valence-corrected chi connectivity index (χ0v) is 4.78. The van der Waals surface area contributed by atoms with Gasteiger partial charge in [0.1, 0.15) is 0 Å². The van der Waals surface area contributed by atoms with Gasteiger partial charge in [-0.15, -0.1) is 0 Å². The largest absolute Gasteiger partial charge is 0.481 e. The minimum atomic E-state index is -0.794. The molecule has 2 atom stereocenters. The Bertz CT molecular complexity index is 122. The molecule has 0 radical (unpaired) electrons. The van der Waals surface area contributed by atoms with Gasteiger partial charge >= 0.3 is 5.97 Å². The van der Waals surface area contributed by atoms with Crippen molar-refractivity contribution >= 4 is 5.97 Å². The molecule has 2 unspecified atom stereocenters. The Kier molecular flexibility index (Phi) is 1.68.